The first-order valence-corrected chi connectivity index (χ1v) is 11.0. The van der Waals surface area contributed by atoms with E-state index in [1.807, 2.05) is 6.07 Å². The number of sulfonamides is 1. The molecule has 3 aromatic rings. The molecule has 8 nitrogen and oxygen atoms in total. The molecule has 3 heterocycles. The molecular weight excluding hydrogens is 400 g/mol. The third-order valence-electron chi connectivity index (χ3n) is 4.73. The maximum atomic E-state index is 12.7. The Morgan fingerprint density at radius 1 is 1.07 bits per heavy atom. The molecule has 0 N–H and O–H groups in total. The highest BCUT2D eigenvalue weighted by Gasteiger charge is 2.30. The number of aromatic nitrogens is 2. The van der Waals surface area contributed by atoms with Crippen LogP contribution in [0.5, 0.6) is 0 Å². The van der Waals surface area contributed by atoms with Gasteiger partial charge >= 0.3 is 0 Å². The van der Waals surface area contributed by atoms with Gasteiger partial charge in [-0.2, -0.15) is 4.31 Å². The molecule has 1 aliphatic heterocycles. The first kappa shape index (κ1) is 18.8. The molecule has 0 radical (unpaired) electrons. The van der Waals surface area contributed by atoms with E-state index in [0.29, 0.717) is 28.3 Å². The van der Waals surface area contributed by atoms with E-state index in [9.17, 15) is 18.0 Å². The fourth-order valence-corrected chi connectivity index (χ4v) is 5.80. The summed E-state index contributed by atoms with van der Waals surface area (Å²) in [5, 5.41) is 1.73. The Kier molecular flexibility index (Phi) is 5.00. The number of piperazine rings is 1. The van der Waals surface area contributed by atoms with Crippen LogP contribution in [0.2, 0.25) is 0 Å². The smallest absolute Gasteiger partial charge is 0.269 e. The van der Waals surface area contributed by atoms with Crippen molar-refractivity contribution in [1.29, 1.82) is 0 Å². The van der Waals surface area contributed by atoms with Gasteiger partial charge in [-0.05, 0) is 23.6 Å². The third-order valence-corrected chi connectivity index (χ3v) is 8.00. The summed E-state index contributed by atoms with van der Waals surface area (Å²) < 4.78 is 28.3. The van der Waals surface area contributed by atoms with Crippen molar-refractivity contribution in [2.45, 2.75) is 10.8 Å². The normalized spacial score (nSPS) is 15.8. The van der Waals surface area contributed by atoms with Gasteiger partial charge in [-0.15, -0.1) is 11.3 Å². The average molecular weight is 419 g/mol. The second-order valence-electron chi connectivity index (χ2n) is 6.39. The van der Waals surface area contributed by atoms with Crippen LogP contribution in [-0.2, 0) is 21.4 Å². The van der Waals surface area contributed by atoms with E-state index in [1.165, 1.54) is 26.4 Å². The summed E-state index contributed by atoms with van der Waals surface area (Å²) in [6.45, 7) is 0.956. The number of thiophene rings is 1. The van der Waals surface area contributed by atoms with Gasteiger partial charge in [-0.1, -0.05) is 18.2 Å². The monoisotopic (exact) mass is 418 g/mol. The lowest BCUT2D eigenvalue weighted by molar-refractivity contribution is -0.133. The fraction of sp³-hybridized carbons (Fsp3) is 0.278. The van der Waals surface area contributed by atoms with Crippen LogP contribution in [0.15, 0.2) is 57.0 Å². The summed E-state index contributed by atoms with van der Waals surface area (Å²) in [5.41, 5.74) is 0.898. The topological polar surface area (TPSA) is 92.6 Å². The molecule has 2 aromatic heterocycles. The highest BCUT2D eigenvalue weighted by atomic mass is 32.2. The fourth-order valence-electron chi connectivity index (χ4n) is 3.23. The van der Waals surface area contributed by atoms with Crippen molar-refractivity contribution in [2.24, 2.45) is 0 Å². The molecule has 1 fully saturated rings. The van der Waals surface area contributed by atoms with Gasteiger partial charge < -0.3 is 4.90 Å². The van der Waals surface area contributed by atoms with Crippen molar-refractivity contribution in [3.05, 3.63) is 58.3 Å². The summed E-state index contributed by atoms with van der Waals surface area (Å²) in [5.74, 6) is -0.216. The van der Waals surface area contributed by atoms with E-state index < -0.39 is 10.0 Å². The average Bonchev–Trinajstić information content (AvgIpc) is 3.26. The minimum Gasteiger partial charge on any atom is -0.338 e. The number of hydrogen-bond acceptors (Lipinski definition) is 6. The van der Waals surface area contributed by atoms with E-state index in [2.05, 4.69) is 4.98 Å². The number of nitrogens with zero attached hydrogens (tertiary/aromatic N) is 4. The van der Waals surface area contributed by atoms with Crippen molar-refractivity contribution < 1.29 is 13.2 Å². The maximum absolute atomic E-state index is 12.7. The number of rotatable bonds is 4. The van der Waals surface area contributed by atoms with Crippen LogP contribution in [0.3, 0.4) is 0 Å². The van der Waals surface area contributed by atoms with Gasteiger partial charge in [-0.25, -0.2) is 13.4 Å². The number of amides is 1. The standard InChI is InChI=1S/C18H18N4O4S2/c23-16-12-19-14-4-1-2-5-15(14)22(16)13-17(24)20-7-9-21(10-8-20)28(25,26)18-6-3-11-27-18/h1-6,11-12H,7-10,13H2. The van der Waals surface area contributed by atoms with Crippen LogP contribution in [0, 0.1) is 0 Å². The Morgan fingerprint density at radius 2 is 1.82 bits per heavy atom. The van der Waals surface area contributed by atoms with Crippen molar-refractivity contribution in [3.63, 3.8) is 0 Å². The lowest BCUT2D eigenvalue weighted by Gasteiger charge is -2.33. The Bertz CT molecular complexity index is 1160. The second kappa shape index (κ2) is 7.46. The Hall–Kier alpha value is -2.56. The zero-order valence-electron chi connectivity index (χ0n) is 14.9. The third kappa shape index (κ3) is 3.46. The number of carbonyl (C=O) groups is 1. The first-order chi connectivity index (χ1) is 13.5. The summed E-state index contributed by atoms with van der Waals surface area (Å²) in [6.07, 6.45) is 1.21. The molecule has 1 aliphatic rings. The van der Waals surface area contributed by atoms with Gasteiger partial charge in [0.05, 0.1) is 17.2 Å². The molecule has 0 unspecified atom stereocenters. The van der Waals surface area contributed by atoms with E-state index in [4.69, 9.17) is 0 Å². The molecule has 0 bridgehead atoms. The van der Waals surface area contributed by atoms with Gasteiger partial charge in [0, 0.05) is 26.2 Å². The first-order valence-electron chi connectivity index (χ1n) is 8.73. The quantitative estimate of drug-likeness (QED) is 0.630. The predicted octanol–water partition coefficient (Wildman–Crippen LogP) is 0.991. The number of benzene rings is 1. The lowest BCUT2D eigenvalue weighted by atomic mass is 10.3. The molecule has 1 amide bonds. The molecule has 0 spiro atoms. The molecule has 10 heteroatoms. The number of carbonyl (C=O) groups excluding carboxylic acids is 1. The van der Waals surface area contributed by atoms with Crippen LogP contribution in [0.1, 0.15) is 0 Å². The minimum atomic E-state index is -3.51. The van der Waals surface area contributed by atoms with E-state index in [1.54, 1.807) is 40.6 Å². The summed E-state index contributed by atoms with van der Waals surface area (Å²) >= 11 is 1.18. The van der Waals surface area contributed by atoms with Crippen molar-refractivity contribution in [1.82, 2.24) is 18.8 Å². The van der Waals surface area contributed by atoms with Crippen molar-refractivity contribution in [2.75, 3.05) is 26.2 Å². The highest BCUT2D eigenvalue weighted by Crippen LogP contribution is 2.22. The van der Waals surface area contributed by atoms with Gasteiger partial charge in [-0.3, -0.25) is 14.2 Å². The van der Waals surface area contributed by atoms with Gasteiger partial charge in [0.25, 0.3) is 15.6 Å². The van der Waals surface area contributed by atoms with Gasteiger partial charge in [0.15, 0.2) is 0 Å². The lowest BCUT2D eigenvalue weighted by Crippen LogP contribution is -2.51. The Morgan fingerprint density at radius 3 is 2.54 bits per heavy atom. The molecule has 1 saturated heterocycles. The highest BCUT2D eigenvalue weighted by molar-refractivity contribution is 7.91. The maximum Gasteiger partial charge on any atom is 0.269 e. The van der Waals surface area contributed by atoms with Gasteiger partial charge in [0.2, 0.25) is 5.91 Å². The number of hydrogen-bond donors (Lipinski definition) is 0. The zero-order valence-corrected chi connectivity index (χ0v) is 16.5. The predicted molar refractivity (Wildman–Crippen MR) is 106 cm³/mol. The largest absolute Gasteiger partial charge is 0.338 e. The van der Waals surface area contributed by atoms with E-state index in [-0.39, 0.29) is 31.1 Å². The molecule has 1 aromatic carbocycles. The summed E-state index contributed by atoms with van der Waals surface area (Å²) in [4.78, 5) is 30.6. The number of fused-ring (bicyclic) bond motifs is 1. The minimum absolute atomic E-state index is 0.0977. The second-order valence-corrected chi connectivity index (χ2v) is 9.50. The van der Waals surface area contributed by atoms with Crippen LogP contribution < -0.4 is 5.56 Å². The molecule has 0 aliphatic carbocycles. The van der Waals surface area contributed by atoms with Crippen LogP contribution in [0.25, 0.3) is 11.0 Å². The van der Waals surface area contributed by atoms with Crippen molar-refractivity contribution >= 4 is 38.3 Å². The zero-order chi connectivity index (χ0) is 19.7. The Labute approximate surface area is 165 Å². The Balaban J connectivity index is 1.47. The van der Waals surface area contributed by atoms with Gasteiger partial charge in [0.1, 0.15) is 10.8 Å². The molecule has 0 atom stereocenters. The summed E-state index contributed by atoms with van der Waals surface area (Å²) in [7, 11) is -3.51. The molecule has 28 heavy (non-hydrogen) atoms. The van der Waals surface area contributed by atoms with Crippen LogP contribution in [-0.4, -0.2) is 59.3 Å². The SMILES string of the molecule is O=C(Cn1c(=O)cnc2ccccc21)N1CCN(S(=O)(=O)c2cccs2)CC1. The van der Waals surface area contributed by atoms with E-state index in [0.717, 1.165) is 0 Å². The van der Waals surface area contributed by atoms with E-state index >= 15 is 0 Å². The van der Waals surface area contributed by atoms with Crippen molar-refractivity contribution in [3.8, 4) is 0 Å². The molecule has 146 valence electrons. The van der Waals surface area contributed by atoms with Crippen LogP contribution >= 0.6 is 11.3 Å². The van der Waals surface area contributed by atoms with Crippen LogP contribution in [0.4, 0.5) is 0 Å². The number of para-hydroxylation sites is 2. The molecular formula is C18H18N4O4S2. The molecule has 0 saturated carbocycles. The molecule has 4 rings (SSSR count). The summed E-state index contributed by atoms with van der Waals surface area (Å²) in [6, 6.07) is 10.4.